The van der Waals surface area contributed by atoms with E-state index in [9.17, 15) is 4.79 Å². The maximum Gasteiger partial charge on any atom is 0.213 e. The Morgan fingerprint density at radius 2 is 2.13 bits per heavy atom. The maximum absolute atomic E-state index is 11.0. The molecule has 15 heavy (non-hydrogen) atoms. The molecule has 4 heteroatoms. The summed E-state index contributed by atoms with van der Waals surface area (Å²) in [6.07, 6.45) is 4.34. The van der Waals surface area contributed by atoms with Crippen LogP contribution in [0.2, 0.25) is 0 Å². The highest BCUT2D eigenvalue weighted by Gasteiger charge is 2.46. The number of pyridine rings is 1. The molecule has 1 aromatic heterocycles. The van der Waals surface area contributed by atoms with Crippen LogP contribution in [0.4, 0.5) is 0 Å². The molecular formula is C11H13NO3. The number of carbonyl (C=O) groups is 1. The first-order chi connectivity index (χ1) is 7.25. The van der Waals surface area contributed by atoms with E-state index in [1.165, 1.54) is 0 Å². The Morgan fingerprint density at radius 1 is 1.40 bits per heavy atom. The molecule has 0 saturated heterocycles. The molecule has 0 amide bonds. The fourth-order valence-corrected chi connectivity index (χ4v) is 1.67. The molecule has 1 heterocycles. The molecule has 2 rings (SSSR count). The third-order valence-electron chi connectivity index (χ3n) is 2.82. The number of aldehydes is 1. The summed E-state index contributed by atoms with van der Waals surface area (Å²) in [6.45, 7) is 0. The van der Waals surface area contributed by atoms with Crippen LogP contribution in [0.3, 0.4) is 0 Å². The zero-order valence-electron chi connectivity index (χ0n) is 8.82. The van der Waals surface area contributed by atoms with Crippen LogP contribution in [0.25, 0.3) is 0 Å². The number of ether oxygens (including phenoxy) is 2. The zero-order valence-corrected chi connectivity index (χ0v) is 8.82. The van der Waals surface area contributed by atoms with Crippen LogP contribution in [0.1, 0.15) is 18.4 Å². The number of hydrogen-bond donors (Lipinski definition) is 0. The molecule has 1 aromatic rings. The van der Waals surface area contributed by atoms with Gasteiger partial charge in [-0.15, -0.1) is 0 Å². The van der Waals surface area contributed by atoms with E-state index >= 15 is 0 Å². The van der Waals surface area contributed by atoms with Gasteiger partial charge in [-0.1, -0.05) is 0 Å². The van der Waals surface area contributed by atoms with Gasteiger partial charge < -0.3 is 14.3 Å². The van der Waals surface area contributed by atoms with E-state index < -0.39 is 0 Å². The second-order valence-corrected chi connectivity index (χ2v) is 3.70. The van der Waals surface area contributed by atoms with E-state index in [1.807, 2.05) is 0 Å². The molecule has 80 valence electrons. The van der Waals surface area contributed by atoms with Gasteiger partial charge in [-0.2, -0.15) is 0 Å². The van der Waals surface area contributed by atoms with E-state index in [4.69, 9.17) is 9.47 Å². The molecule has 0 atom stereocenters. The van der Waals surface area contributed by atoms with E-state index in [0.717, 1.165) is 24.7 Å². The Balaban J connectivity index is 2.47. The average molecular weight is 207 g/mol. The molecule has 1 aliphatic rings. The number of hydrogen-bond acceptors (Lipinski definition) is 4. The molecule has 0 aromatic carbocycles. The van der Waals surface area contributed by atoms with Gasteiger partial charge in [0.05, 0.1) is 25.8 Å². The second kappa shape index (κ2) is 3.53. The standard InChI is InChI=1S/C11H13NO3/c1-14-9-6-12-10(15-2)5-8(9)11(7-13)3-4-11/h5-7H,3-4H2,1-2H3. The predicted molar refractivity (Wildman–Crippen MR) is 54.3 cm³/mol. The van der Waals surface area contributed by atoms with Crippen molar-refractivity contribution in [2.45, 2.75) is 18.3 Å². The van der Waals surface area contributed by atoms with Gasteiger partial charge in [0.25, 0.3) is 0 Å². The van der Waals surface area contributed by atoms with Crippen LogP contribution < -0.4 is 9.47 Å². The molecule has 4 nitrogen and oxygen atoms in total. The van der Waals surface area contributed by atoms with Gasteiger partial charge in [0.15, 0.2) is 0 Å². The molecular weight excluding hydrogens is 194 g/mol. The number of carbonyl (C=O) groups excluding carboxylic acids is 1. The van der Waals surface area contributed by atoms with Crippen molar-refractivity contribution in [3.63, 3.8) is 0 Å². The van der Waals surface area contributed by atoms with Crippen molar-refractivity contribution >= 4 is 6.29 Å². The minimum absolute atomic E-state index is 0.360. The van der Waals surface area contributed by atoms with Gasteiger partial charge in [0.1, 0.15) is 12.0 Å². The van der Waals surface area contributed by atoms with Crippen LogP contribution in [-0.4, -0.2) is 25.5 Å². The fourth-order valence-electron chi connectivity index (χ4n) is 1.67. The van der Waals surface area contributed by atoms with Gasteiger partial charge in [0, 0.05) is 11.6 Å². The second-order valence-electron chi connectivity index (χ2n) is 3.70. The van der Waals surface area contributed by atoms with Gasteiger partial charge in [0.2, 0.25) is 5.88 Å². The van der Waals surface area contributed by atoms with E-state index in [2.05, 4.69) is 4.98 Å². The monoisotopic (exact) mass is 207 g/mol. The summed E-state index contributed by atoms with van der Waals surface area (Å²) in [5.74, 6) is 1.17. The zero-order chi connectivity index (χ0) is 10.9. The van der Waals surface area contributed by atoms with Crippen LogP contribution >= 0.6 is 0 Å². The van der Waals surface area contributed by atoms with Gasteiger partial charge >= 0.3 is 0 Å². The topological polar surface area (TPSA) is 48.4 Å². The molecule has 1 aliphatic carbocycles. The van der Waals surface area contributed by atoms with Gasteiger partial charge in [-0.05, 0) is 12.8 Å². The van der Waals surface area contributed by atoms with E-state index in [0.29, 0.717) is 11.6 Å². The van der Waals surface area contributed by atoms with Gasteiger partial charge in [-0.3, -0.25) is 0 Å². The third kappa shape index (κ3) is 1.56. The highest BCUT2D eigenvalue weighted by molar-refractivity contribution is 5.75. The number of aromatic nitrogens is 1. The maximum atomic E-state index is 11.0. The summed E-state index contributed by atoms with van der Waals surface area (Å²) in [5.41, 5.74) is 0.522. The molecule has 0 aliphatic heterocycles. The van der Waals surface area contributed by atoms with Gasteiger partial charge in [-0.25, -0.2) is 4.98 Å². The first-order valence-corrected chi connectivity index (χ1v) is 4.80. The first-order valence-electron chi connectivity index (χ1n) is 4.80. The summed E-state index contributed by atoms with van der Waals surface area (Å²) < 4.78 is 10.2. The lowest BCUT2D eigenvalue weighted by molar-refractivity contribution is -0.109. The summed E-state index contributed by atoms with van der Waals surface area (Å²) in [4.78, 5) is 15.1. The largest absolute Gasteiger partial charge is 0.495 e. The van der Waals surface area contributed by atoms with Crippen LogP contribution in [0.5, 0.6) is 11.6 Å². The molecule has 0 unspecified atom stereocenters. The Kier molecular flexibility index (Phi) is 2.34. The normalized spacial score (nSPS) is 16.9. The van der Waals surface area contributed by atoms with Crippen molar-refractivity contribution in [2.24, 2.45) is 0 Å². The molecule has 0 bridgehead atoms. The van der Waals surface area contributed by atoms with Crippen molar-refractivity contribution in [1.82, 2.24) is 4.98 Å². The summed E-state index contributed by atoms with van der Waals surface area (Å²) >= 11 is 0. The summed E-state index contributed by atoms with van der Waals surface area (Å²) in [7, 11) is 3.13. The Hall–Kier alpha value is -1.58. The lowest BCUT2D eigenvalue weighted by atomic mass is 9.98. The SMILES string of the molecule is COc1cc(C2(C=O)CC2)c(OC)cn1. The minimum Gasteiger partial charge on any atom is -0.495 e. The average Bonchev–Trinajstić information content (AvgIpc) is 3.09. The smallest absolute Gasteiger partial charge is 0.213 e. The van der Waals surface area contributed by atoms with Crippen molar-refractivity contribution in [2.75, 3.05) is 14.2 Å². The first kappa shape index (κ1) is 9.96. The molecule has 0 spiro atoms. The highest BCUT2D eigenvalue weighted by atomic mass is 16.5. The Morgan fingerprint density at radius 3 is 2.60 bits per heavy atom. The number of methoxy groups -OCH3 is 2. The van der Waals surface area contributed by atoms with Crippen LogP contribution in [0.15, 0.2) is 12.3 Å². The quantitative estimate of drug-likeness (QED) is 0.699. The lowest BCUT2D eigenvalue weighted by Gasteiger charge is -2.13. The summed E-state index contributed by atoms with van der Waals surface area (Å²) in [5, 5.41) is 0. The Bertz CT molecular complexity index is 385. The lowest BCUT2D eigenvalue weighted by Crippen LogP contribution is -2.10. The van der Waals surface area contributed by atoms with Crippen molar-refractivity contribution in [3.05, 3.63) is 17.8 Å². The molecule has 1 saturated carbocycles. The fraction of sp³-hybridized carbons (Fsp3) is 0.455. The van der Waals surface area contributed by atoms with Crippen LogP contribution in [-0.2, 0) is 10.2 Å². The van der Waals surface area contributed by atoms with E-state index in [-0.39, 0.29) is 5.41 Å². The third-order valence-corrected chi connectivity index (χ3v) is 2.82. The minimum atomic E-state index is -0.360. The van der Waals surface area contributed by atoms with Crippen molar-refractivity contribution < 1.29 is 14.3 Å². The predicted octanol–water partition coefficient (Wildman–Crippen LogP) is 1.33. The summed E-state index contributed by atoms with van der Waals surface area (Å²) in [6, 6.07) is 1.78. The highest BCUT2D eigenvalue weighted by Crippen LogP contribution is 2.50. The molecule has 0 radical (unpaired) electrons. The van der Waals surface area contributed by atoms with E-state index in [1.54, 1.807) is 26.5 Å². The van der Waals surface area contributed by atoms with Crippen LogP contribution in [0, 0.1) is 0 Å². The molecule has 0 N–H and O–H groups in total. The number of nitrogens with zero attached hydrogens (tertiary/aromatic N) is 1. The number of rotatable bonds is 4. The Labute approximate surface area is 88.2 Å². The molecule has 1 fully saturated rings. The van der Waals surface area contributed by atoms with Crippen molar-refractivity contribution in [1.29, 1.82) is 0 Å². The van der Waals surface area contributed by atoms with Crippen molar-refractivity contribution in [3.8, 4) is 11.6 Å².